The summed E-state index contributed by atoms with van der Waals surface area (Å²) < 4.78 is 0. The Morgan fingerprint density at radius 3 is 2.08 bits per heavy atom. The summed E-state index contributed by atoms with van der Waals surface area (Å²) in [6, 6.07) is 0.675. The van der Waals surface area contributed by atoms with Crippen molar-refractivity contribution >= 4 is 0 Å². The zero-order valence-electron chi connectivity index (χ0n) is 9.48. The molecule has 0 aromatic carbocycles. The Labute approximate surface area is 82.5 Å². The van der Waals surface area contributed by atoms with Crippen molar-refractivity contribution in [2.75, 3.05) is 20.6 Å². The Hall–Kier alpha value is -0.0800. The molecule has 13 heavy (non-hydrogen) atoms. The maximum Gasteiger partial charge on any atom is 0.0156 e. The van der Waals surface area contributed by atoms with Crippen molar-refractivity contribution in [3.8, 4) is 0 Å². The van der Waals surface area contributed by atoms with Crippen molar-refractivity contribution < 1.29 is 0 Å². The van der Waals surface area contributed by atoms with Gasteiger partial charge in [-0.2, -0.15) is 0 Å². The highest BCUT2D eigenvalue weighted by Crippen LogP contribution is 2.45. The second kappa shape index (κ2) is 4.43. The topological polar surface area (TPSA) is 24.1 Å². The van der Waals surface area contributed by atoms with Crippen LogP contribution >= 0.6 is 0 Å². The molecule has 0 aromatic rings. The largest absolute Gasteiger partial charge is 0.319 e. The van der Waals surface area contributed by atoms with Crippen LogP contribution in [0.5, 0.6) is 0 Å². The van der Waals surface area contributed by atoms with Crippen molar-refractivity contribution in [3.05, 3.63) is 0 Å². The zero-order valence-corrected chi connectivity index (χ0v) is 9.48. The number of rotatable bonds is 5. The molecule has 1 saturated carbocycles. The molecule has 1 atom stereocenters. The molecule has 0 amide bonds. The van der Waals surface area contributed by atoms with Gasteiger partial charge in [0.15, 0.2) is 0 Å². The van der Waals surface area contributed by atoms with Gasteiger partial charge in [0.2, 0.25) is 0 Å². The highest BCUT2D eigenvalue weighted by molar-refractivity contribution is 4.99. The SMILES string of the molecule is CNCC1(C(NC)C(C)C)CCC1. The van der Waals surface area contributed by atoms with Gasteiger partial charge in [-0.15, -0.1) is 0 Å². The van der Waals surface area contributed by atoms with Gasteiger partial charge in [-0.05, 0) is 38.3 Å². The van der Waals surface area contributed by atoms with Gasteiger partial charge in [-0.25, -0.2) is 0 Å². The maximum atomic E-state index is 3.49. The van der Waals surface area contributed by atoms with E-state index in [1.807, 2.05) is 0 Å². The fraction of sp³-hybridized carbons (Fsp3) is 1.00. The van der Waals surface area contributed by atoms with Gasteiger partial charge >= 0.3 is 0 Å². The third-order valence-corrected chi connectivity index (χ3v) is 3.52. The minimum atomic E-state index is 0.539. The minimum absolute atomic E-state index is 0.539. The van der Waals surface area contributed by atoms with E-state index in [2.05, 4.69) is 38.6 Å². The average Bonchev–Trinajstić information content (AvgIpc) is 2.00. The molecule has 0 aliphatic heterocycles. The Bertz CT molecular complexity index is 150. The quantitative estimate of drug-likeness (QED) is 0.678. The molecule has 0 radical (unpaired) electrons. The maximum absolute atomic E-state index is 3.49. The van der Waals surface area contributed by atoms with Gasteiger partial charge in [-0.1, -0.05) is 20.3 Å². The summed E-state index contributed by atoms with van der Waals surface area (Å²) in [6.07, 6.45) is 4.18. The van der Waals surface area contributed by atoms with Crippen LogP contribution in [-0.4, -0.2) is 26.7 Å². The molecule has 1 aliphatic rings. The van der Waals surface area contributed by atoms with Gasteiger partial charge < -0.3 is 10.6 Å². The highest BCUT2D eigenvalue weighted by Gasteiger charge is 2.43. The summed E-state index contributed by atoms with van der Waals surface area (Å²) in [5.41, 5.74) is 0.539. The first-order chi connectivity index (χ1) is 6.16. The first-order valence-electron chi connectivity index (χ1n) is 5.48. The van der Waals surface area contributed by atoms with Crippen LogP contribution in [0.25, 0.3) is 0 Å². The molecule has 2 heteroatoms. The molecule has 2 N–H and O–H groups in total. The summed E-state index contributed by atoms with van der Waals surface area (Å²) in [6.45, 7) is 5.80. The lowest BCUT2D eigenvalue weighted by Crippen LogP contribution is -2.55. The molecule has 0 spiro atoms. The molecule has 0 heterocycles. The number of hydrogen-bond acceptors (Lipinski definition) is 2. The summed E-state index contributed by atoms with van der Waals surface area (Å²) in [5, 5.41) is 6.83. The summed E-state index contributed by atoms with van der Waals surface area (Å²) in [4.78, 5) is 0. The molecule has 0 aromatic heterocycles. The zero-order chi connectivity index (χ0) is 9.90. The molecule has 0 saturated heterocycles. The normalized spacial score (nSPS) is 22.8. The van der Waals surface area contributed by atoms with Crippen molar-refractivity contribution in [1.29, 1.82) is 0 Å². The molecule has 0 bridgehead atoms. The predicted molar refractivity (Wildman–Crippen MR) is 57.9 cm³/mol. The molecule has 1 unspecified atom stereocenters. The second-order valence-corrected chi connectivity index (χ2v) is 4.76. The van der Waals surface area contributed by atoms with Crippen LogP contribution in [0.1, 0.15) is 33.1 Å². The van der Waals surface area contributed by atoms with Gasteiger partial charge in [0, 0.05) is 12.6 Å². The van der Waals surface area contributed by atoms with Gasteiger partial charge in [0.05, 0.1) is 0 Å². The van der Waals surface area contributed by atoms with E-state index in [1.165, 1.54) is 19.3 Å². The van der Waals surface area contributed by atoms with Crippen LogP contribution in [0.15, 0.2) is 0 Å². The molecule has 78 valence electrons. The summed E-state index contributed by atoms with van der Waals surface area (Å²) >= 11 is 0. The molecule has 1 rings (SSSR count). The average molecular weight is 184 g/mol. The minimum Gasteiger partial charge on any atom is -0.319 e. The first kappa shape index (κ1) is 11.0. The van der Waals surface area contributed by atoms with Crippen LogP contribution in [0.4, 0.5) is 0 Å². The molecule has 2 nitrogen and oxygen atoms in total. The highest BCUT2D eigenvalue weighted by atomic mass is 14.9. The van der Waals surface area contributed by atoms with Crippen molar-refractivity contribution in [1.82, 2.24) is 10.6 Å². The van der Waals surface area contributed by atoms with Crippen molar-refractivity contribution in [3.63, 3.8) is 0 Å². The molecule has 1 fully saturated rings. The van der Waals surface area contributed by atoms with E-state index >= 15 is 0 Å². The van der Waals surface area contributed by atoms with Gasteiger partial charge in [-0.3, -0.25) is 0 Å². The predicted octanol–water partition coefficient (Wildman–Crippen LogP) is 1.62. The monoisotopic (exact) mass is 184 g/mol. The van der Waals surface area contributed by atoms with E-state index in [0.29, 0.717) is 11.5 Å². The third kappa shape index (κ3) is 2.05. The Balaban J connectivity index is 2.61. The van der Waals surface area contributed by atoms with Crippen LogP contribution in [0.3, 0.4) is 0 Å². The lowest BCUT2D eigenvalue weighted by Gasteiger charge is -2.49. The van der Waals surface area contributed by atoms with Crippen LogP contribution in [0.2, 0.25) is 0 Å². The van der Waals surface area contributed by atoms with E-state index in [4.69, 9.17) is 0 Å². The van der Waals surface area contributed by atoms with E-state index in [0.717, 1.165) is 12.5 Å². The Morgan fingerprint density at radius 1 is 1.23 bits per heavy atom. The lowest BCUT2D eigenvalue weighted by atomic mass is 9.61. The first-order valence-corrected chi connectivity index (χ1v) is 5.48. The van der Waals surface area contributed by atoms with E-state index in [1.54, 1.807) is 0 Å². The lowest BCUT2D eigenvalue weighted by molar-refractivity contribution is 0.0558. The molecular formula is C11H24N2. The fourth-order valence-corrected chi connectivity index (χ4v) is 2.93. The fourth-order valence-electron chi connectivity index (χ4n) is 2.93. The van der Waals surface area contributed by atoms with Crippen LogP contribution in [-0.2, 0) is 0 Å². The third-order valence-electron chi connectivity index (χ3n) is 3.52. The smallest absolute Gasteiger partial charge is 0.0156 e. The Kier molecular flexibility index (Phi) is 3.74. The van der Waals surface area contributed by atoms with E-state index in [-0.39, 0.29) is 0 Å². The van der Waals surface area contributed by atoms with Crippen molar-refractivity contribution in [2.45, 2.75) is 39.2 Å². The summed E-state index contributed by atoms with van der Waals surface area (Å²) in [5.74, 6) is 0.735. The van der Waals surface area contributed by atoms with Crippen LogP contribution < -0.4 is 10.6 Å². The standard InChI is InChI=1S/C11H24N2/c1-9(2)10(13-4)11(8-12-3)6-5-7-11/h9-10,12-13H,5-8H2,1-4H3. The van der Waals surface area contributed by atoms with Crippen LogP contribution in [0, 0.1) is 11.3 Å². The number of nitrogens with one attached hydrogen (secondary N) is 2. The molecule has 1 aliphatic carbocycles. The molecular weight excluding hydrogens is 160 g/mol. The van der Waals surface area contributed by atoms with Crippen molar-refractivity contribution in [2.24, 2.45) is 11.3 Å². The number of hydrogen-bond donors (Lipinski definition) is 2. The van der Waals surface area contributed by atoms with E-state index in [9.17, 15) is 0 Å². The van der Waals surface area contributed by atoms with Gasteiger partial charge in [0.1, 0.15) is 0 Å². The van der Waals surface area contributed by atoms with E-state index < -0.39 is 0 Å². The Morgan fingerprint density at radius 2 is 1.85 bits per heavy atom. The van der Waals surface area contributed by atoms with Gasteiger partial charge in [0.25, 0.3) is 0 Å². The summed E-state index contributed by atoms with van der Waals surface area (Å²) in [7, 11) is 4.16. The second-order valence-electron chi connectivity index (χ2n) is 4.76.